The van der Waals surface area contributed by atoms with E-state index in [9.17, 15) is 4.79 Å². The lowest BCUT2D eigenvalue weighted by Gasteiger charge is -2.08. The Kier molecular flexibility index (Phi) is 6.63. The average molecular weight is 388 g/mol. The van der Waals surface area contributed by atoms with Crippen LogP contribution in [0.1, 0.15) is 48.3 Å². The molecule has 1 aliphatic rings. The highest BCUT2D eigenvalue weighted by molar-refractivity contribution is 5.95. The smallest absolute Gasteiger partial charge is 0.274 e. The first-order valence-electron chi connectivity index (χ1n) is 9.50. The van der Waals surface area contributed by atoms with Crippen LogP contribution in [0.4, 0.5) is 0 Å². The lowest BCUT2D eigenvalue weighted by atomic mass is 10.1. The summed E-state index contributed by atoms with van der Waals surface area (Å²) in [7, 11) is 0. The minimum atomic E-state index is -0.328. The van der Waals surface area contributed by atoms with Gasteiger partial charge in [0.05, 0.1) is 6.34 Å². The lowest BCUT2D eigenvalue weighted by Crippen LogP contribution is -2.24. The molecule has 2 aromatic rings. The van der Waals surface area contributed by atoms with Crippen molar-refractivity contribution in [3.8, 4) is 11.1 Å². The molecule has 148 valence electrons. The van der Waals surface area contributed by atoms with Crippen LogP contribution in [0.15, 0.2) is 60.6 Å². The van der Waals surface area contributed by atoms with Crippen molar-refractivity contribution >= 4 is 18.1 Å². The summed E-state index contributed by atoms with van der Waals surface area (Å²) in [5.41, 5.74) is 3.83. The summed E-state index contributed by atoms with van der Waals surface area (Å²) in [6.45, 7) is 1.85. The third-order valence-corrected chi connectivity index (χ3v) is 4.48. The van der Waals surface area contributed by atoms with Crippen LogP contribution in [0.25, 0.3) is 11.1 Å². The first-order valence-corrected chi connectivity index (χ1v) is 9.50. The van der Waals surface area contributed by atoms with Crippen LogP contribution in [-0.4, -0.2) is 28.0 Å². The van der Waals surface area contributed by atoms with Crippen molar-refractivity contribution in [2.45, 2.75) is 32.1 Å². The number of amides is 1. The maximum atomic E-state index is 12.7. The van der Waals surface area contributed by atoms with Gasteiger partial charge in [-0.25, -0.2) is 0 Å². The second-order valence-electron chi connectivity index (χ2n) is 6.76. The van der Waals surface area contributed by atoms with Crippen molar-refractivity contribution in [2.24, 2.45) is 0 Å². The SMILES string of the molecule is C/C=C\C(=C/CC(=N)NC=N)NC(=O)c1cc(-c2ccc(C3CC3)nc2)ccn1. The molecule has 4 N–H and O–H groups in total. The second-order valence-corrected chi connectivity index (χ2v) is 6.76. The van der Waals surface area contributed by atoms with E-state index in [0.717, 1.165) is 23.2 Å². The number of aromatic nitrogens is 2. The molecule has 7 nitrogen and oxygen atoms in total. The molecule has 7 heteroatoms. The fourth-order valence-electron chi connectivity index (χ4n) is 2.82. The molecule has 0 radical (unpaired) electrons. The molecule has 1 aliphatic carbocycles. The number of carbonyl (C=O) groups excluding carboxylic acids is 1. The van der Waals surface area contributed by atoms with Gasteiger partial charge in [0.2, 0.25) is 0 Å². The van der Waals surface area contributed by atoms with E-state index in [0.29, 0.717) is 17.3 Å². The number of carbonyl (C=O) groups is 1. The van der Waals surface area contributed by atoms with Gasteiger partial charge in [-0.2, -0.15) is 0 Å². The molecule has 3 rings (SSSR count). The van der Waals surface area contributed by atoms with Crippen molar-refractivity contribution in [3.05, 3.63) is 72.0 Å². The number of hydrogen-bond donors (Lipinski definition) is 4. The van der Waals surface area contributed by atoms with Crippen LogP contribution in [0.2, 0.25) is 0 Å². The molecule has 1 amide bonds. The predicted molar refractivity (Wildman–Crippen MR) is 114 cm³/mol. The molecule has 1 fully saturated rings. The maximum Gasteiger partial charge on any atom is 0.274 e. The minimum absolute atomic E-state index is 0.165. The highest BCUT2D eigenvalue weighted by Gasteiger charge is 2.24. The number of amidine groups is 1. The number of allylic oxidation sites excluding steroid dienone is 2. The van der Waals surface area contributed by atoms with Gasteiger partial charge in [0, 0.05) is 41.7 Å². The molecule has 0 atom stereocenters. The Labute approximate surface area is 170 Å². The van der Waals surface area contributed by atoms with E-state index in [1.807, 2.05) is 25.3 Å². The zero-order valence-electron chi connectivity index (χ0n) is 16.3. The van der Waals surface area contributed by atoms with E-state index in [1.54, 1.807) is 30.5 Å². The van der Waals surface area contributed by atoms with Gasteiger partial charge in [-0.1, -0.05) is 18.2 Å². The first kappa shape index (κ1) is 20.1. The Morgan fingerprint density at radius 2 is 2.07 bits per heavy atom. The van der Waals surface area contributed by atoms with E-state index < -0.39 is 0 Å². The van der Waals surface area contributed by atoms with Crippen molar-refractivity contribution in [1.29, 1.82) is 10.8 Å². The van der Waals surface area contributed by atoms with E-state index in [2.05, 4.69) is 26.7 Å². The van der Waals surface area contributed by atoms with E-state index in [-0.39, 0.29) is 18.2 Å². The minimum Gasteiger partial charge on any atom is -0.335 e. The predicted octanol–water partition coefficient (Wildman–Crippen LogP) is 3.77. The normalized spacial score (nSPS) is 13.9. The van der Waals surface area contributed by atoms with Crippen LogP contribution >= 0.6 is 0 Å². The van der Waals surface area contributed by atoms with Crippen molar-refractivity contribution in [3.63, 3.8) is 0 Å². The van der Waals surface area contributed by atoms with Crippen molar-refractivity contribution in [1.82, 2.24) is 20.6 Å². The maximum absolute atomic E-state index is 12.7. The van der Waals surface area contributed by atoms with Gasteiger partial charge in [0.15, 0.2) is 0 Å². The molecule has 0 aliphatic heterocycles. The summed E-state index contributed by atoms with van der Waals surface area (Å²) in [6, 6.07) is 7.69. The third kappa shape index (κ3) is 5.68. The van der Waals surface area contributed by atoms with Gasteiger partial charge in [0.1, 0.15) is 11.5 Å². The number of nitrogens with zero attached hydrogens (tertiary/aromatic N) is 2. The molecule has 0 spiro atoms. The lowest BCUT2D eigenvalue weighted by molar-refractivity contribution is 0.0962. The molecule has 0 bridgehead atoms. The molecular weight excluding hydrogens is 364 g/mol. The Bertz CT molecular complexity index is 958. The van der Waals surface area contributed by atoms with Crippen LogP contribution in [0, 0.1) is 10.8 Å². The number of rotatable bonds is 8. The van der Waals surface area contributed by atoms with Crippen LogP contribution < -0.4 is 10.6 Å². The average Bonchev–Trinajstić information content (AvgIpc) is 3.58. The summed E-state index contributed by atoms with van der Waals surface area (Å²) in [5, 5.41) is 19.9. The Hall–Kier alpha value is -3.61. The van der Waals surface area contributed by atoms with Crippen LogP contribution in [0.3, 0.4) is 0 Å². The first-order chi connectivity index (χ1) is 14.1. The second kappa shape index (κ2) is 9.54. The molecule has 0 unspecified atom stereocenters. The van der Waals surface area contributed by atoms with E-state index in [4.69, 9.17) is 10.8 Å². The van der Waals surface area contributed by atoms with Gasteiger partial charge in [-0.3, -0.25) is 25.6 Å². The fraction of sp³-hybridized carbons (Fsp3) is 0.227. The number of hydrogen-bond acceptors (Lipinski definition) is 5. The molecule has 2 heterocycles. The summed E-state index contributed by atoms with van der Waals surface area (Å²) in [4.78, 5) is 21.4. The fourth-order valence-corrected chi connectivity index (χ4v) is 2.82. The number of pyridine rings is 2. The molecule has 0 saturated heterocycles. The Balaban J connectivity index is 1.72. The van der Waals surface area contributed by atoms with Crippen LogP contribution in [0.5, 0.6) is 0 Å². The van der Waals surface area contributed by atoms with Crippen molar-refractivity contribution in [2.75, 3.05) is 0 Å². The zero-order valence-corrected chi connectivity index (χ0v) is 16.3. The van der Waals surface area contributed by atoms with Gasteiger partial charge >= 0.3 is 0 Å². The van der Waals surface area contributed by atoms with Gasteiger partial charge in [0.25, 0.3) is 5.91 Å². The molecule has 2 aromatic heterocycles. The summed E-state index contributed by atoms with van der Waals surface area (Å²) in [6.07, 6.45) is 12.4. The van der Waals surface area contributed by atoms with E-state index >= 15 is 0 Å². The van der Waals surface area contributed by atoms with Gasteiger partial charge in [-0.05, 0) is 49.6 Å². The Morgan fingerprint density at radius 3 is 2.72 bits per heavy atom. The third-order valence-electron chi connectivity index (χ3n) is 4.48. The van der Waals surface area contributed by atoms with Crippen molar-refractivity contribution < 1.29 is 4.79 Å². The zero-order chi connectivity index (χ0) is 20.6. The highest BCUT2D eigenvalue weighted by Crippen LogP contribution is 2.39. The monoisotopic (exact) mass is 388 g/mol. The largest absolute Gasteiger partial charge is 0.335 e. The number of nitrogens with one attached hydrogen (secondary N) is 4. The molecule has 0 aromatic carbocycles. The topological polar surface area (TPSA) is 115 Å². The highest BCUT2D eigenvalue weighted by atomic mass is 16.1. The summed E-state index contributed by atoms with van der Waals surface area (Å²) < 4.78 is 0. The molecule has 29 heavy (non-hydrogen) atoms. The van der Waals surface area contributed by atoms with Gasteiger partial charge < -0.3 is 10.6 Å². The molecule has 1 saturated carbocycles. The standard InChI is InChI=1S/C22H24N6O/c1-2-3-18(7-9-21(24)27-14-23)28-22(29)20-12-16(10-11-25-20)17-6-8-19(26-13-17)15-4-5-15/h2-3,6-8,10-15H,4-5,9H2,1H3,(H,28,29)(H3,23,24,27)/b3-2-,18-7+. The Morgan fingerprint density at radius 1 is 1.24 bits per heavy atom. The summed E-state index contributed by atoms with van der Waals surface area (Å²) >= 11 is 0. The molecular formula is C22H24N6O. The quantitative estimate of drug-likeness (QED) is 0.313. The van der Waals surface area contributed by atoms with Crippen LogP contribution in [-0.2, 0) is 0 Å². The van der Waals surface area contributed by atoms with Gasteiger partial charge in [-0.15, -0.1) is 0 Å². The summed E-state index contributed by atoms with van der Waals surface area (Å²) in [5.74, 6) is 0.444. The van der Waals surface area contributed by atoms with E-state index in [1.165, 1.54) is 12.8 Å².